The van der Waals surface area contributed by atoms with Crippen molar-refractivity contribution >= 4 is 49.5 Å². The van der Waals surface area contributed by atoms with E-state index in [1.165, 1.54) is 0 Å². The Morgan fingerprint density at radius 3 is 1.22 bits per heavy atom. The molecule has 2 saturated heterocycles. The fourth-order valence-electron chi connectivity index (χ4n) is 6.81. The Hall–Kier alpha value is 1.52. The zero-order chi connectivity index (χ0) is 14.6. The van der Waals surface area contributed by atoms with Crippen LogP contribution in [0.2, 0.25) is 72.0 Å². The Morgan fingerprint density at radius 2 is 0.944 bits per heavy atom. The molecule has 7 heteroatoms. The highest BCUT2D eigenvalue weighted by Gasteiger charge is 2.97. The second-order valence-electron chi connectivity index (χ2n) is 9.38. The quantitative estimate of drug-likeness (QED) is 0.576. The molecule has 0 aromatic rings. The SMILES string of the molecule is C[Si+]1[Si](C)(C)[Si]2(C)[Si](C)(C)[Si](C)(C)[Si]1(C)[Si]2(C)C. The predicted molar refractivity (Wildman–Crippen MR) is 105 cm³/mol. The summed E-state index contributed by atoms with van der Waals surface area (Å²) in [7, 11) is -3.30. The summed E-state index contributed by atoms with van der Waals surface area (Å²) in [5.74, 6) is 0. The van der Waals surface area contributed by atoms with Crippen LogP contribution in [0.4, 0.5) is 0 Å². The van der Waals surface area contributed by atoms with Crippen LogP contribution in [0.1, 0.15) is 0 Å². The van der Waals surface area contributed by atoms with E-state index in [0.717, 1.165) is 0 Å². The van der Waals surface area contributed by atoms with E-state index in [2.05, 4.69) is 72.0 Å². The van der Waals surface area contributed by atoms with E-state index < -0.39 is 41.7 Å². The molecule has 0 aromatic carbocycles. The van der Waals surface area contributed by atoms with Crippen LogP contribution in [0.15, 0.2) is 0 Å². The van der Waals surface area contributed by atoms with Crippen LogP contribution in [0.25, 0.3) is 0 Å². The molecule has 0 N–H and O–H groups in total. The average molecular weight is 362 g/mol. The second-order valence-corrected chi connectivity index (χ2v) is 97.1. The molecule has 0 nitrogen and oxygen atoms in total. The van der Waals surface area contributed by atoms with Gasteiger partial charge >= 0.3 is 0 Å². The maximum Gasteiger partial charge on any atom is 0.210 e. The molecule has 0 spiro atoms. The minimum absolute atomic E-state index is 0.0852. The van der Waals surface area contributed by atoms with Crippen molar-refractivity contribution in [1.29, 1.82) is 0 Å². The van der Waals surface area contributed by atoms with E-state index in [1.54, 1.807) is 0 Å². The third-order valence-electron chi connectivity index (χ3n) is 9.50. The highest BCUT2D eigenvalue weighted by atomic mass is 30.5. The molecule has 0 saturated carbocycles. The molecule has 2 aliphatic rings. The fourth-order valence-corrected chi connectivity index (χ4v) is 454. The van der Waals surface area contributed by atoms with Gasteiger partial charge in [-0.15, -0.1) is 0 Å². The highest BCUT2D eigenvalue weighted by Crippen LogP contribution is 2.61. The minimum Gasteiger partial charge on any atom is -0.0735 e. The van der Waals surface area contributed by atoms with Gasteiger partial charge in [-0.25, -0.2) is 0 Å². The van der Waals surface area contributed by atoms with Gasteiger partial charge in [0.2, 0.25) is 7.83 Å². The van der Waals surface area contributed by atoms with E-state index in [0.29, 0.717) is 0 Å². The summed E-state index contributed by atoms with van der Waals surface area (Å²) in [4.78, 5) is 0. The molecule has 2 heterocycles. The first-order chi connectivity index (χ1) is 7.65. The summed E-state index contributed by atoms with van der Waals surface area (Å²) in [6.07, 6.45) is 0. The fraction of sp³-hybridized carbons (Fsp3) is 1.00. The molecule has 0 aliphatic carbocycles. The van der Waals surface area contributed by atoms with Gasteiger partial charge in [-0.2, -0.15) is 0 Å². The number of hydrogen-bond donors (Lipinski definition) is 0. The van der Waals surface area contributed by atoms with Crippen molar-refractivity contribution < 1.29 is 0 Å². The predicted octanol–water partition coefficient (Wildman–Crippen LogP) is 3.76. The van der Waals surface area contributed by atoms with Crippen molar-refractivity contribution in [3.63, 3.8) is 0 Å². The molecule has 18 heavy (non-hydrogen) atoms. The van der Waals surface area contributed by atoms with E-state index in [9.17, 15) is 0 Å². The van der Waals surface area contributed by atoms with Crippen LogP contribution >= 0.6 is 0 Å². The summed E-state index contributed by atoms with van der Waals surface area (Å²) in [5, 5.41) is 0. The van der Waals surface area contributed by atoms with Gasteiger partial charge in [-0.05, 0) is 19.6 Å². The molecule has 0 aromatic heterocycles. The number of fused-ring (bicyclic) bond motifs is 2. The standard InChI is InChI=1S/C11H33Si7/c1-12-13(2,3)18(11)15(6,7)14(4,5)17(12,10)16(18,8)9/h1-11H3/q+1. The average Bonchev–Trinajstić information content (AvgIpc) is 2.32. The molecular weight excluding hydrogens is 329 g/mol. The van der Waals surface area contributed by atoms with E-state index in [-0.39, 0.29) is 7.83 Å². The Morgan fingerprint density at radius 1 is 0.556 bits per heavy atom. The molecule has 0 radical (unpaired) electrons. The van der Waals surface area contributed by atoms with Crippen LogP contribution in [-0.2, 0) is 0 Å². The van der Waals surface area contributed by atoms with E-state index in [4.69, 9.17) is 0 Å². The monoisotopic (exact) mass is 361 g/mol. The van der Waals surface area contributed by atoms with Crippen LogP contribution in [0, 0.1) is 0 Å². The van der Waals surface area contributed by atoms with E-state index in [1.807, 2.05) is 0 Å². The largest absolute Gasteiger partial charge is 0.210 e. The number of rotatable bonds is 0. The summed E-state index contributed by atoms with van der Waals surface area (Å²) < 4.78 is 0. The van der Waals surface area contributed by atoms with Crippen molar-refractivity contribution in [2.45, 2.75) is 72.0 Å². The first kappa shape index (κ1) is 15.9. The molecule has 2 atom stereocenters. The minimum atomic E-state index is -0.868. The number of hydrogen-bond acceptors (Lipinski definition) is 0. The van der Waals surface area contributed by atoms with Gasteiger partial charge in [0.05, 0.1) is 20.8 Å². The summed E-state index contributed by atoms with van der Waals surface area (Å²) in [6.45, 7) is 30.4. The topological polar surface area (TPSA) is 0 Å². The van der Waals surface area contributed by atoms with Gasteiger partial charge in [-0.1, -0.05) is 45.8 Å². The van der Waals surface area contributed by atoms with Crippen molar-refractivity contribution in [3.05, 3.63) is 0 Å². The third kappa shape index (κ3) is 1.05. The first-order valence-electron chi connectivity index (χ1n) is 7.50. The van der Waals surface area contributed by atoms with E-state index >= 15 is 0 Å². The lowest BCUT2D eigenvalue weighted by atomic mass is 11.9. The maximum absolute atomic E-state index is 2.99. The van der Waals surface area contributed by atoms with Gasteiger partial charge in [0.1, 0.15) is 0 Å². The van der Waals surface area contributed by atoms with Gasteiger partial charge < -0.3 is 0 Å². The van der Waals surface area contributed by atoms with Crippen LogP contribution in [0.3, 0.4) is 0 Å². The van der Waals surface area contributed by atoms with Crippen molar-refractivity contribution in [2.75, 3.05) is 0 Å². The second kappa shape index (κ2) is 3.46. The van der Waals surface area contributed by atoms with Gasteiger partial charge in [-0.3, -0.25) is 0 Å². The molecule has 2 unspecified atom stereocenters. The molecule has 104 valence electrons. The molecule has 2 fully saturated rings. The lowest BCUT2D eigenvalue weighted by Crippen LogP contribution is -2.88. The van der Waals surface area contributed by atoms with Crippen molar-refractivity contribution in [1.82, 2.24) is 0 Å². The van der Waals surface area contributed by atoms with Gasteiger partial charge in [0.25, 0.3) is 0 Å². The maximum atomic E-state index is 2.99. The Kier molecular flexibility index (Phi) is 3.06. The molecule has 2 rings (SSSR count). The smallest absolute Gasteiger partial charge is 0.0735 e. The summed E-state index contributed by atoms with van der Waals surface area (Å²) in [6, 6.07) is 0. The zero-order valence-electron chi connectivity index (χ0n) is 14.5. The molecule has 2 aliphatic heterocycles. The molecular formula is C11H33Si7+. The Labute approximate surface area is 121 Å². The lowest BCUT2D eigenvalue weighted by molar-refractivity contribution is 1.84. The first-order valence-corrected chi connectivity index (χ1v) is 34.5. The van der Waals surface area contributed by atoms with Crippen molar-refractivity contribution in [3.8, 4) is 0 Å². The lowest BCUT2D eigenvalue weighted by Gasteiger charge is -2.52. The van der Waals surface area contributed by atoms with Gasteiger partial charge in [0, 0.05) is 13.7 Å². The van der Waals surface area contributed by atoms with Crippen LogP contribution in [-0.4, -0.2) is 49.5 Å². The van der Waals surface area contributed by atoms with Crippen LogP contribution in [0.5, 0.6) is 0 Å². The third-order valence-corrected chi connectivity index (χ3v) is 227. The Balaban J connectivity index is 2.90. The highest BCUT2D eigenvalue weighted by molar-refractivity contribution is 8.37. The summed E-state index contributed by atoms with van der Waals surface area (Å²) in [5.41, 5.74) is 0. The zero-order valence-corrected chi connectivity index (χ0v) is 21.5. The molecule has 2 bridgehead atoms. The normalized spacial score (nSPS) is 46.5. The van der Waals surface area contributed by atoms with Gasteiger partial charge in [0.15, 0.2) is 13.7 Å². The van der Waals surface area contributed by atoms with Crippen molar-refractivity contribution in [2.24, 2.45) is 0 Å². The summed E-state index contributed by atoms with van der Waals surface area (Å²) >= 11 is 0. The molecule has 0 amide bonds. The van der Waals surface area contributed by atoms with Crippen LogP contribution < -0.4 is 0 Å². The Bertz CT molecular complexity index is 414.